The number of pyridine rings is 1. The number of benzene rings is 2. The van der Waals surface area contributed by atoms with Crippen LogP contribution in [0.25, 0.3) is 5.76 Å². The Morgan fingerprint density at radius 2 is 1.88 bits per heavy atom. The lowest BCUT2D eigenvalue weighted by molar-refractivity contribution is -0.140. The number of aliphatic hydroxyl groups is 1. The monoisotopic (exact) mass is 522 g/mol. The van der Waals surface area contributed by atoms with Gasteiger partial charge >= 0.3 is 0 Å². The van der Waals surface area contributed by atoms with Crippen molar-refractivity contribution in [3.63, 3.8) is 0 Å². The van der Waals surface area contributed by atoms with Crippen LogP contribution in [0.5, 0.6) is 11.5 Å². The summed E-state index contributed by atoms with van der Waals surface area (Å²) >= 11 is 3.37. The number of Topliss-reactive ketones (excluding diaryl/α,β-unsaturated/α-hetero) is 1. The minimum Gasteiger partial charge on any atom is -0.507 e. The molecular formula is C26H23BrN2O5. The molecule has 7 nitrogen and oxygen atoms in total. The Bertz CT molecular complexity index is 1240. The summed E-state index contributed by atoms with van der Waals surface area (Å²) in [6.07, 6.45) is 3.28. The number of hydrogen-bond acceptors (Lipinski definition) is 6. The highest BCUT2D eigenvalue weighted by Gasteiger charge is 2.46. The quantitative estimate of drug-likeness (QED) is 0.270. The van der Waals surface area contributed by atoms with Gasteiger partial charge in [0.1, 0.15) is 5.76 Å². The fraction of sp³-hybridized carbons (Fsp3) is 0.192. The third-order valence-electron chi connectivity index (χ3n) is 5.54. The van der Waals surface area contributed by atoms with E-state index in [9.17, 15) is 14.7 Å². The summed E-state index contributed by atoms with van der Waals surface area (Å²) in [4.78, 5) is 31.9. The van der Waals surface area contributed by atoms with Gasteiger partial charge in [0.15, 0.2) is 11.5 Å². The number of ketones is 1. The van der Waals surface area contributed by atoms with Crippen LogP contribution in [-0.2, 0) is 16.1 Å². The number of carbonyl (C=O) groups excluding carboxylic acids is 2. The molecule has 2 heterocycles. The standard InChI is InChI=1S/C26H23BrN2O5/c1-3-34-20-11-8-18(13-21(20)33-2)23-22(24(30)17-6-9-19(27)10-7-17)25(31)26(32)29(23)15-16-5-4-12-28-14-16/h4-14,23,30H,3,15H2,1-2H3/b24-22+/t23-/m0/s1. The number of aliphatic hydroxyl groups excluding tert-OH is 1. The van der Waals surface area contributed by atoms with Crippen LogP contribution in [0, 0.1) is 0 Å². The molecule has 0 bridgehead atoms. The van der Waals surface area contributed by atoms with Crippen LogP contribution in [0.3, 0.4) is 0 Å². The number of halogens is 1. The number of nitrogens with zero attached hydrogens (tertiary/aromatic N) is 2. The first-order valence-electron chi connectivity index (χ1n) is 10.7. The smallest absolute Gasteiger partial charge is 0.295 e. The second-order valence-electron chi connectivity index (χ2n) is 7.64. The van der Waals surface area contributed by atoms with E-state index < -0.39 is 17.7 Å². The van der Waals surface area contributed by atoms with Gasteiger partial charge in [0.2, 0.25) is 0 Å². The Hall–Kier alpha value is -3.65. The van der Waals surface area contributed by atoms with Crippen molar-refractivity contribution in [3.8, 4) is 11.5 Å². The maximum Gasteiger partial charge on any atom is 0.295 e. The lowest BCUT2D eigenvalue weighted by atomic mass is 9.95. The van der Waals surface area contributed by atoms with E-state index in [0.717, 1.165) is 10.0 Å². The van der Waals surface area contributed by atoms with Crippen molar-refractivity contribution in [2.24, 2.45) is 0 Å². The topological polar surface area (TPSA) is 89.0 Å². The van der Waals surface area contributed by atoms with Crippen molar-refractivity contribution in [2.45, 2.75) is 19.5 Å². The van der Waals surface area contributed by atoms with E-state index in [1.54, 1.807) is 60.9 Å². The van der Waals surface area contributed by atoms with Crippen molar-refractivity contribution >= 4 is 33.4 Å². The molecule has 0 aliphatic carbocycles. The van der Waals surface area contributed by atoms with Gasteiger partial charge in [-0.3, -0.25) is 14.6 Å². The molecule has 1 aromatic heterocycles. The molecule has 2 aromatic carbocycles. The summed E-state index contributed by atoms with van der Waals surface area (Å²) in [5, 5.41) is 11.2. The van der Waals surface area contributed by atoms with Gasteiger partial charge in [-0.1, -0.05) is 40.2 Å². The van der Waals surface area contributed by atoms with Crippen molar-refractivity contribution < 1.29 is 24.2 Å². The third-order valence-corrected chi connectivity index (χ3v) is 6.07. The highest BCUT2D eigenvalue weighted by molar-refractivity contribution is 9.10. The molecular weight excluding hydrogens is 500 g/mol. The van der Waals surface area contributed by atoms with Crippen molar-refractivity contribution in [1.82, 2.24) is 9.88 Å². The zero-order valence-corrected chi connectivity index (χ0v) is 20.3. The van der Waals surface area contributed by atoms with Gasteiger partial charge in [0.05, 0.1) is 25.3 Å². The van der Waals surface area contributed by atoms with Gasteiger partial charge in [0.25, 0.3) is 11.7 Å². The van der Waals surface area contributed by atoms with E-state index in [1.807, 2.05) is 13.0 Å². The van der Waals surface area contributed by atoms with Crippen molar-refractivity contribution in [3.05, 3.63) is 93.7 Å². The maximum absolute atomic E-state index is 13.2. The van der Waals surface area contributed by atoms with E-state index >= 15 is 0 Å². The number of amides is 1. The number of ether oxygens (including phenoxy) is 2. The molecule has 4 rings (SSSR count). The Balaban J connectivity index is 1.88. The van der Waals surface area contributed by atoms with E-state index in [1.165, 1.54) is 12.0 Å². The maximum atomic E-state index is 13.2. The van der Waals surface area contributed by atoms with Crippen molar-refractivity contribution in [1.29, 1.82) is 0 Å². The second-order valence-corrected chi connectivity index (χ2v) is 8.55. The van der Waals surface area contributed by atoms with E-state index in [-0.39, 0.29) is 17.9 Å². The molecule has 0 spiro atoms. The lowest BCUT2D eigenvalue weighted by Crippen LogP contribution is -2.29. The summed E-state index contributed by atoms with van der Waals surface area (Å²) in [6.45, 7) is 2.48. The number of methoxy groups -OCH3 is 1. The van der Waals surface area contributed by atoms with Crippen LogP contribution in [0.1, 0.15) is 29.7 Å². The van der Waals surface area contributed by atoms with Crippen LogP contribution in [0.15, 0.2) is 77.0 Å². The van der Waals surface area contributed by atoms with E-state index in [0.29, 0.717) is 29.2 Å². The van der Waals surface area contributed by atoms with Crippen molar-refractivity contribution in [2.75, 3.05) is 13.7 Å². The average Bonchev–Trinajstić information content (AvgIpc) is 3.10. The molecule has 1 fully saturated rings. The lowest BCUT2D eigenvalue weighted by Gasteiger charge is -2.26. The highest BCUT2D eigenvalue weighted by atomic mass is 79.9. The Kier molecular flexibility index (Phi) is 6.98. The van der Waals surface area contributed by atoms with Gasteiger partial charge in [-0.05, 0) is 48.4 Å². The summed E-state index contributed by atoms with van der Waals surface area (Å²) < 4.78 is 11.9. The zero-order valence-electron chi connectivity index (χ0n) is 18.7. The number of hydrogen-bond donors (Lipinski definition) is 1. The zero-order chi connectivity index (χ0) is 24.2. The summed E-state index contributed by atoms with van der Waals surface area (Å²) in [6, 6.07) is 14.9. The molecule has 1 atom stereocenters. The molecule has 0 saturated carbocycles. The highest BCUT2D eigenvalue weighted by Crippen LogP contribution is 2.42. The third kappa shape index (κ3) is 4.54. The molecule has 1 aliphatic heterocycles. The number of aromatic nitrogens is 1. The van der Waals surface area contributed by atoms with Crippen LogP contribution in [0.2, 0.25) is 0 Å². The first kappa shape index (κ1) is 23.5. The minimum atomic E-state index is -0.826. The number of carbonyl (C=O) groups is 2. The molecule has 0 radical (unpaired) electrons. The fourth-order valence-corrected chi connectivity index (χ4v) is 4.23. The van der Waals surface area contributed by atoms with Gasteiger partial charge in [-0.25, -0.2) is 0 Å². The summed E-state index contributed by atoms with van der Waals surface area (Å²) in [5.41, 5.74) is 1.82. The van der Waals surface area contributed by atoms with Crippen LogP contribution < -0.4 is 9.47 Å². The SMILES string of the molecule is CCOc1ccc([C@H]2/C(=C(\O)c3ccc(Br)cc3)C(=O)C(=O)N2Cc2cccnc2)cc1OC. The number of likely N-dealkylation sites (tertiary alicyclic amines) is 1. The minimum absolute atomic E-state index is 0.0161. The van der Waals surface area contributed by atoms with Gasteiger partial charge in [0, 0.05) is 29.0 Å². The summed E-state index contributed by atoms with van der Waals surface area (Å²) in [7, 11) is 1.52. The first-order chi connectivity index (χ1) is 16.4. The Labute approximate surface area is 205 Å². The van der Waals surface area contributed by atoms with Crippen LogP contribution in [-0.4, -0.2) is 40.4 Å². The fourth-order valence-electron chi connectivity index (χ4n) is 3.97. The Morgan fingerprint density at radius 1 is 1.12 bits per heavy atom. The normalized spacial score (nSPS) is 17.1. The molecule has 0 unspecified atom stereocenters. The molecule has 1 aliphatic rings. The second kappa shape index (κ2) is 10.1. The molecule has 1 N–H and O–H groups in total. The largest absolute Gasteiger partial charge is 0.507 e. The van der Waals surface area contributed by atoms with Crippen LogP contribution >= 0.6 is 15.9 Å². The molecule has 3 aromatic rings. The van der Waals surface area contributed by atoms with E-state index in [4.69, 9.17) is 9.47 Å². The Morgan fingerprint density at radius 3 is 2.53 bits per heavy atom. The van der Waals surface area contributed by atoms with Crippen LogP contribution in [0.4, 0.5) is 0 Å². The first-order valence-corrected chi connectivity index (χ1v) is 11.5. The van der Waals surface area contributed by atoms with Gasteiger partial charge in [-0.2, -0.15) is 0 Å². The number of rotatable bonds is 7. The molecule has 8 heteroatoms. The summed E-state index contributed by atoms with van der Waals surface area (Å²) in [5.74, 6) is -0.666. The molecule has 34 heavy (non-hydrogen) atoms. The molecule has 174 valence electrons. The van der Waals surface area contributed by atoms with Gasteiger partial charge in [-0.15, -0.1) is 0 Å². The average molecular weight is 523 g/mol. The molecule has 1 amide bonds. The molecule has 1 saturated heterocycles. The van der Waals surface area contributed by atoms with Gasteiger partial charge < -0.3 is 19.5 Å². The van der Waals surface area contributed by atoms with E-state index in [2.05, 4.69) is 20.9 Å². The predicted molar refractivity (Wildman–Crippen MR) is 130 cm³/mol. The predicted octanol–water partition coefficient (Wildman–Crippen LogP) is 4.87.